The number of allylic oxidation sites excluding steroid dienone is 1. The summed E-state index contributed by atoms with van der Waals surface area (Å²) in [7, 11) is 0. The van der Waals surface area contributed by atoms with Crippen LogP contribution in [0, 0.1) is 0 Å². The van der Waals surface area contributed by atoms with E-state index in [1.165, 1.54) is 30.4 Å². The highest BCUT2D eigenvalue weighted by atomic mass is 19.4. The van der Waals surface area contributed by atoms with Crippen molar-refractivity contribution >= 4 is 12.0 Å². The lowest BCUT2D eigenvalue weighted by Gasteiger charge is -2.10. The van der Waals surface area contributed by atoms with Crippen LogP contribution in [0.4, 0.5) is 13.2 Å². The molecule has 1 aromatic carbocycles. The van der Waals surface area contributed by atoms with Crippen LogP contribution in [0.2, 0.25) is 0 Å². The van der Waals surface area contributed by atoms with Gasteiger partial charge in [-0.25, -0.2) is 0 Å². The maximum absolute atomic E-state index is 12.2. The summed E-state index contributed by atoms with van der Waals surface area (Å²) in [5.74, 6) is -0.718. The van der Waals surface area contributed by atoms with Gasteiger partial charge in [-0.1, -0.05) is 30.4 Å². The Morgan fingerprint density at radius 1 is 1.33 bits per heavy atom. The molecule has 0 saturated heterocycles. The average molecular weight is 299 g/mol. The van der Waals surface area contributed by atoms with E-state index in [-0.39, 0.29) is 17.2 Å². The highest BCUT2D eigenvalue weighted by molar-refractivity contribution is 5.92. The summed E-state index contributed by atoms with van der Waals surface area (Å²) >= 11 is 0. The fourth-order valence-corrected chi connectivity index (χ4v) is 1.51. The topological polar surface area (TPSA) is 38.3 Å². The maximum atomic E-state index is 12.2. The number of carbonyl (C=O) groups is 1. The smallest absolute Gasteiger partial charge is 0.405 e. The van der Waals surface area contributed by atoms with Gasteiger partial charge in [0.1, 0.15) is 5.75 Å². The number of para-hydroxylation sites is 1. The Morgan fingerprint density at radius 3 is 2.71 bits per heavy atom. The zero-order valence-electron chi connectivity index (χ0n) is 11.5. The Hall–Kier alpha value is -2.24. The number of hydrogen-bond donors (Lipinski definition) is 1. The molecule has 0 radical (unpaired) electrons. The summed E-state index contributed by atoms with van der Waals surface area (Å²) in [6, 6.07) is 5.62. The monoisotopic (exact) mass is 299 g/mol. The van der Waals surface area contributed by atoms with Crippen molar-refractivity contribution in [3.05, 3.63) is 48.1 Å². The van der Waals surface area contributed by atoms with Gasteiger partial charge in [-0.05, 0) is 25.5 Å². The number of ether oxygens (including phenoxy) is 1. The average Bonchev–Trinajstić information content (AvgIpc) is 2.41. The molecule has 0 saturated carbocycles. The van der Waals surface area contributed by atoms with Gasteiger partial charge >= 0.3 is 6.36 Å². The Morgan fingerprint density at radius 2 is 2.05 bits per heavy atom. The van der Waals surface area contributed by atoms with E-state index in [4.69, 9.17) is 0 Å². The van der Waals surface area contributed by atoms with E-state index in [1.807, 2.05) is 19.1 Å². The molecule has 0 aliphatic rings. The molecule has 0 unspecified atom stereocenters. The van der Waals surface area contributed by atoms with Gasteiger partial charge in [0.2, 0.25) is 5.91 Å². The Bertz CT molecular complexity index is 522. The first-order valence-electron chi connectivity index (χ1n) is 6.34. The molecule has 0 bridgehead atoms. The van der Waals surface area contributed by atoms with Crippen molar-refractivity contribution < 1.29 is 22.7 Å². The van der Waals surface area contributed by atoms with Gasteiger partial charge < -0.3 is 10.1 Å². The van der Waals surface area contributed by atoms with Crippen LogP contribution in [-0.2, 0) is 4.79 Å². The number of alkyl halides is 3. The summed E-state index contributed by atoms with van der Waals surface area (Å²) in [5.41, 5.74) is 0.179. The van der Waals surface area contributed by atoms with E-state index < -0.39 is 6.36 Å². The number of amides is 1. The van der Waals surface area contributed by atoms with Crippen molar-refractivity contribution in [2.24, 2.45) is 0 Å². The van der Waals surface area contributed by atoms with Crippen molar-refractivity contribution in [2.75, 3.05) is 6.54 Å². The van der Waals surface area contributed by atoms with Crippen LogP contribution in [-0.4, -0.2) is 18.8 Å². The standard InChI is InChI=1S/C15H16F3NO2/c1-2-3-6-11-19-14(20)10-9-12-7-4-5-8-13(12)21-15(16,17)18/h2-5,7-10H,6,11H2,1H3,(H,19,20)/b3-2+,10-9+. The van der Waals surface area contributed by atoms with E-state index in [0.29, 0.717) is 13.0 Å². The molecule has 114 valence electrons. The Labute approximate surface area is 121 Å². The summed E-state index contributed by atoms with van der Waals surface area (Å²) in [6.07, 6.45) is 2.16. The molecule has 0 heterocycles. The molecule has 1 aromatic rings. The molecule has 0 aliphatic carbocycles. The molecule has 0 spiro atoms. The van der Waals surface area contributed by atoms with Crippen LogP contribution < -0.4 is 10.1 Å². The first-order valence-corrected chi connectivity index (χ1v) is 6.34. The molecule has 1 amide bonds. The minimum atomic E-state index is -4.77. The number of carbonyl (C=O) groups excluding carboxylic acids is 1. The first kappa shape index (κ1) is 16.8. The van der Waals surface area contributed by atoms with Crippen LogP contribution in [0.1, 0.15) is 18.9 Å². The van der Waals surface area contributed by atoms with Gasteiger partial charge in [-0.3, -0.25) is 4.79 Å². The van der Waals surface area contributed by atoms with E-state index in [9.17, 15) is 18.0 Å². The number of rotatable bonds is 6. The van der Waals surface area contributed by atoms with Crippen molar-refractivity contribution in [3.8, 4) is 5.75 Å². The number of benzene rings is 1. The molecular weight excluding hydrogens is 283 g/mol. The van der Waals surface area contributed by atoms with Crippen LogP contribution >= 0.6 is 0 Å². The summed E-state index contributed by atoms with van der Waals surface area (Å²) in [6.45, 7) is 2.34. The van der Waals surface area contributed by atoms with Crippen molar-refractivity contribution in [2.45, 2.75) is 19.7 Å². The fourth-order valence-electron chi connectivity index (χ4n) is 1.51. The van der Waals surface area contributed by atoms with E-state index in [0.717, 1.165) is 0 Å². The molecule has 21 heavy (non-hydrogen) atoms. The molecule has 1 N–H and O–H groups in total. The third-order valence-corrected chi connectivity index (χ3v) is 2.40. The second-order valence-corrected chi connectivity index (χ2v) is 4.07. The number of halogens is 3. The molecular formula is C15H16F3NO2. The Kier molecular flexibility index (Phi) is 6.52. The molecule has 0 fully saturated rings. The predicted molar refractivity (Wildman–Crippen MR) is 74.6 cm³/mol. The van der Waals surface area contributed by atoms with E-state index >= 15 is 0 Å². The largest absolute Gasteiger partial charge is 0.573 e. The lowest BCUT2D eigenvalue weighted by molar-refractivity contribution is -0.274. The zero-order valence-corrected chi connectivity index (χ0v) is 11.5. The van der Waals surface area contributed by atoms with Gasteiger partial charge in [0.15, 0.2) is 0 Å². The third kappa shape index (κ3) is 7.20. The summed E-state index contributed by atoms with van der Waals surface area (Å²) < 4.78 is 40.6. The predicted octanol–water partition coefficient (Wildman–Crippen LogP) is 3.68. The third-order valence-electron chi connectivity index (χ3n) is 2.40. The highest BCUT2D eigenvalue weighted by Crippen LogP contribution is 2.26. The van der Waals surface area contributed by atoms with Gasteiger partial charge in [-0.15, -0.1) is 13.2 Å². The maximum Gasteiger partial charge on any atom is 0.573 e. The molecule has 0 atom stereocenters. The molecule has 3 nitrogen and oxygen atoms in total. The summed E-state index contributed by atoms with van der Waals surface area (Å²) in [4.78, 5) is 11.5. The second kappa shape index (κ2) is 8.14. The number of hydrogen-bond acceptors (Lipinski definition) is 2. The van der Waals surface area contributed by atoms with Crippen molar-refractivity contribution in [3.63, 3.8) is 0 Å². The second-order valence-electron chi connectivity index (χ2n) is 4.07. The van der Waals surface area contributed by atoms with Crippen molar-refractivity contribution in [1.82, 2.24) is 5.32 Å². The van der Waals surface area contributed by atoms with E-state index in [2.05, 4.69) is 10.1 Å². The molecule has 6 heteroatoms. The Balaban J connectivity index is 2.65. The first-order chi connectivity index (χ1) is 9.92. The van der Waals surface area contributed by atoms with Crippen LogP contribution in [0.5, 0.6) is 5.75 Å². The van der Waals surface area contributed by atoms with Gasteiger partial charge in [-0.2, -0.15) is 0 Å². The van der Waals surface area contributed by atoms with Gasteiger partial charge in [0.05, 0.1) is 0 Å². The van der Waals surface area contributed by atoms with E-state index in [1.54, 1.807) is 6.07 Å². The van der Waals surface area contributed by atoms with Crippen LogP contribution in [0.15, 0.2) is 42.5 Å². The minimum Gasteiger partial charge on any atom is -0.405 e. The van der Waals surface area contributed by atoms with Crippen LogP contribution in [0.3, 0.4) is 0 Å². The zero-order chi connectivity index (χ0) is 15.7. The number of nitrogens with one attached hydrogen (secondary N) is 1. The van der Waals surface area contributed by atoms with Gasteiger partial charge in [0, 0.05) is 18.2 Å². The molecule has 1 rings (SSSR count). The lowest BCUT2D eigenvalue weighted by Crippen LogP contribution is -2.21. The van der Waals surface area contributed by atoms with Gasteiger partial charge in [0.25, 0.3) is 0 Å². The highest BCUT2D eigenvalue weighted by Gasteiger charge is 2.31. The SMILES string of the molecule is C/C=C/CCNC(=O)/C=C/c1ccccc1OC(F)(F)F. The normalized spacial score (nSPS) is 12.0. The van der Waals surface area contributed by atoms with Crippen LogP contribution in [0.25, 0.3) is 6.08 Å². The molecule has 0 aliphatic heterocycles. The quantitative estimate of drug-likeness (QED) is 0.494. The van der Waals surface area contributed by atoms with Crippen molar-refractivity contribution in [1.29, 1.82) is 0 Å². The lowest BCUT2D eigenvalue weighted by atomic mass is 10.2. The summed E-state index contributed by atoms with van der Waals surface area (Å²) in [5, 5.41) is 2.62. The fraction of sp³-hybridized carbons (Fsp3) is 0.267. The molecule has 0 aromatic heterocycles. The minimum absolute atomic E-state index is 0.179.